The second kappa shape index (κ2) is 9.46. The predicted octanol–water partition coefficient (Wildman–Crippen LogP) is 3.87. The number of rotatable bonds is 7. The number of alkyl halides is 3. The van der Waals surface area contributed by atoms with Crippen LogP contribution in [0, 0.1) is 0 Å². The van der Waals surface area contributed by atoms with Crippen LogP contribution in [0.5, 0.6) is 0 Å². The standard InChI is InChI=1S/C20H23F3N4O3S/c21-20(22,23)15-8-9-18(27-11-4-5-12-27)17(14-15)25-19(28)24-10-13-31(29,30)26-16-6-2-1-3-7-16/h1-3,6-9,14,26H,4-5,10-13H2,(H2,24,25,28). The molecular weight excluding hydrogens is 433 g/mol. The first-order valence-electron chi connectivity index (χ1n) is 9.71. The molecule has 0 spiro atoms. The minimum Gasteiger partial charge on any atom is -0.370 e. The van der Waals surface area contributed by atoms with Crippen LogP contribution in [0.4, 0.5) is 35.0 Å². The number of sulfonamides is 1. The van der Waals surface area contributed by atoms with Gasteiger partial charge in [0, 0.05) is 25.3 Å². The molecule has 3 N–H and O–H groups in total. The fraction of sp³-hybridized carbons (Fsp3) is 0.350. The zero-order valence-electron chi connectivity index (χ0n) is 16.6. The van der Waals surface area contributed by atoms with E-state index in [-0.39, 0.29) is 12.2 Å². The van der Waals surface area contributed by atoms with E-state index in [2.05, 4.69) is 15.4 Å². The lowest BCUT2D eigenvalue weighted by Gasteiger charge is -2.23. The van der Waals surface area contributed by atoms with Gasteiger partial charge in [-0.25, -0.2) is 13.2 Å². The third-order valence-electron chi connectivity index (χ3n) is 4.72. The molecule has 2 aromatic rings. The van der Waals surface area contributed by atoms with Crippen molar-refractivity contribution in [2.24, 2.45) is 0 Å². The molecule has 0 atom stereocenters. The average Bonchev–Trinajstić information content (AvgIpc) is 3.22. The number of hydrogen-bond acceptors (Lipinski definition) is 4. The Kier molecular flexibility index (Phi) is 6.94. The van der Waals surface area contributed by atoms with Crippen LogP contribution in [0.1, 0.15) is 18.4 Å². The van der Waals surface area contributed by atoms with Crippen LogP contribution in [0.3, 0.4) is 0 Å². The van der Waals surface area contributed by atoms with E-state index in [0.29, 0.717) is 24.5 Å². The number of benzene rings is 2. The van der Waals surface area contributed by atoms with Gasteiger partial charge in [-0.05, 0) is 43.2 Å². The van der Waals surface area contributed by atoms with Crippen LogP contribution in [0.15, 0.2) is 48.5 Å². The molecular formula is C20H23F3N4O3S. The second-order valence-electron chi connectivity index (χ2n) is 7.09. The van der Waals surface area contributed by atoms with E-state index in [1.54, 1.807) is 30.3 Å². The first kappa shape index (κ1) is 22.7. The van der Waals surface area contributed by atoms with Gasteiger partial charge in [0.25, 0.3) is 0 Å². The van der Waals surface area contributed by atoms with E-state index in [4.69, 9.17) is 0 Å². The highest BCUT2D eigenvalue weighted by atomic mass is 32.2. The normalized spacial score (nSPS) is 14.4. The highest BCUT2D eigenvalue weighted by Crippen LogP contribution is 2.36. The van der Waals surface area contributed by atoms with Crippen molar-refractivity contribution < 1.29 is 26.4 Å². The average molecular weight is 456 g/mol. The first-order chi connectivity index (χ1) is 14.6. The summed E-state index contributed by atoms with van der Waals surface area (Å²) in [5, 5.41) is 4.81. The highest BCUT2D eigenvalue weighted by Gasteiger charge is 2.32. The Balaban J connectivity index is 1.62. The zero-order valence-corrected chi connectivity index (χ0v) is 17.4. The maximum absolute atomic E-state index is 13.1. The van der Waals surface area contributed by atoms with Crippen LogP contribution in [-0.4, -0.2) is 39.8 Å². The van der Waals surface area contributed by atoms with E-state index in [1.165, 1.54) is 6.07 Å². The van der Waals surface area contributed by atoms with Crippen LogP contribution < -0.4 is 20.3 Å². The Labute approximate surface area is 178 Å². The molecule has 168 valence electrons. The molecule has 3 rings (SSSR count). The van der Waals surface area contributed by atoms with E-state index < -0.39 is 33.5 Å². The molecule has 2 aromatic carbocycles. The minimum atomic E-state index is -4.55. The van der Waals surface area contributed by atoms with Crippen LogP contribution in [-0.2, 0) is 16.2 Å². The summed E-state index contributed by atoms with van der Waals surface area (Å²) in [6.45, 7) is 1.15. The van der Waals surface area contributed by atoms with Crippen LogP contribution in [0.2, 0.25) is 0 Å². The molecule has 7 nitrogen and oxygen atoms in total. The number of carbonyl (C=O) groups excluding carboxylic acids is 1. The molecule has 1 saturated heterocycles. The molecule has 2 amide bonds. The Hall–Kier alpha value is -2.95. The fourth-order valence-corrected chi connectivity index (χ4v) is 4.22. The smallest absolute Gasteiger partial charge is 0.370 e. The summed E-state index contributed by atoms with van der Waals surface area (Å²) in [5.41, 5.74) is 0.0464. The fourth-order valence-electron chi connectivity index (χ4n) is 3.25. The van der Waals surface area contributed by atoms with Crippen molar-refractivity contribution in [3.63, 3.8) is 0 Å². The summed E-state index contributed by atoms with van der Waals surface area (Å²) in [4.78, 5) is 14.2. The van der Waals surface area contributed by atoms with Gasteiger partial charge in [0.15, 0.2) is 0 Å². The molecule has 1 aliphatic rings. The summed E-state index contributed by atoms with van der Waals surface area (Å²) in [6, 6.07) is 10.7. The Bertz CT molecular complexity index is 1010. The van der Waals surface area contributed by atoms with E-state index in [1.807, 2.05) is 4.90 Å². The number of nitrogens with zero attached hydrogens (tertiary/aromatic N) is 1. The number of halogens is 3. The van der Waals surface area contributed by atoms with Gasteiger partial charge in [-0.2, -0.15) is 13.2 Å². The Morgan fingerprint density at radius 3 is 2.35 bits per heavy atom. The Morgan fingerprint density at radius 2 is 1.71 bits per heavy atom. The summed E-state index contributed by atoms with van der Waals surface area (Å²) >= 11 is 0. The predicted molar refractivity (Wildman–Crippen MR) is 114 cm³/mol. The third-order valence-corrected chi connectivity index (χ3v) is 6.01. The maximum atomic E-state index is 13.1. The lowest BCUT2D eigenvalue weighted by Crippen LogP contribution is -2.34. The summed E-state index contributed by atoms with van der Waals surface area (Å²) in [6.07, 6.45) is -2.72. The molecule has 1 fully saturated rings. The van der Waals surface area contributed by atoms with E-state index >= 15 is 0 Å². The van der Waals surface area contributed by atoms with Gasteiger partial charge in [0.05, 0.1) is 22.7 Å². The SMILES string of the molecule is O=C(NCCS(=O)(=O)Nc1ccccc1)Nc1cc(C(F)(F)F)ccc1N1CCCC1. The van der Waals surface area contributed by atoms with Crippen molar-refractivity contribution in [2.75, 3.05) is 40.3 Å². The second-order valence-corrected chi connectivity index (χ2v) is 8.93. The van der Waals surface area contributed by atoms with Crippen molar-refractivity contribution in [3.8, 4) is 0 Å². The highest BCUT2D eigenvalue weighted by molar-refractivity contribution is 7.92. The van der Waals surface area contributed by atoms with Gasteiger partial charge < -0.3 is 15.5 Å². The van der Waals surface area contributed by atoms with Gasteiger partial charge in [-0.3, -0.25) is 4.72 Å². The van der Waals surface area contributed by atoms with Crippen LogP contribution >= 0.6 is 0 Å². The monoisotopic (exact) mass is 456 g/mol. The molecule has 0 radical (unpaired) electrons. The summed E-state index contributed by atoms with van der Waals surface area (Å²) in [7, 11) is -3.70. The van der Waals surface area contributed by atoms with Gasteiger partial charge in [-0.1, -0.05) is 18.2 Å². The van der Waals surface area contributed by atoms with E-state index in [0.717, 1.165) is 25.0 Å². The molecule has 0 aliphatic carbocycles. The number of hydrogen-bond donors (Lipinski definition) is 3. The first-order valence-corrected chi connectivity index (χ1v) is 11.4. The van der Waals surface area contributed by atoms with Crippen molar-refractivity contribution in [3.05, 3.63) is 54.1 Å². The van der Waals surface area contributed by atoms with Crippen molar-refractivity contribution in [1.82, 2.24) is 5.32 Å². The molecule has 31 heavy (non-hydrogen) atoms. The molecule has 1 aliphatic heterocycles. The Morgan fingerprint density at radius 1 is 1.03 bits per heavy atom. The number of nitrogens with one attached hydrogen (secondary N) is 3. The number of urea groups is 1. The third kappa shape index (κ3) is 6.51. The van der Waals surface area contributed by atoms with Crippen molar-refractivity contribution in [1.29, 1.82) is 0 Å². The summed E-state index contributed by atoms with van der Waals surface area (Å²) in [5.74, 6) is -0.392. The van der Waals surface area contributed by atoms with E-state index in [9.17, 15) is 26.4 Å². The van der Waals surface area contributed by atoms with Crippen molar-refractivity contribution in [2.45, 2.75) is 19.0 Å². The quantitative estimate of drug-likeness (QED) is 0.590. The molecule has 0 bridgehead atoms. The van der Waals surface area contributed by atoms with Gasteiger partial charge in [-0.15, -0.1) is 0 Å². The molecule has 11 heteroatoms. The molecule has 1 heterocycles. The zero-order chi connectivity index (χ0) is 22.5. The topological polar surface area (TPSA) is 90.5 Å². The lowest BCUT2D eigenvalue weighted by molar-refractivity contribution is -0.137. The van der Waals surface area contributed by atoms with Gasteiger partial charge in [0.2, 0.25) is 10.0 Å². The van der Waals surface area contributed by atoms with Crippen molar-refractivity contribution >= 4 is 33.1 Å². The molecule has 0 aromatic heterocycles. The largest absolute Gasteiger partial charge is 0.416 e. The minimum absolute atomic E-state index is 0.0273. The maximum Gasteiger partial charge on any atom is 0.416 e. The molecule has 0 unspecified atom stereocenters. The van der Waals surface area contributed by atoms with Gasteiger partial charge >= 0.3 is 12.2 Å². The number of carbonyl (C=O) groups is 1. The van der Waals surface area contributed by atoms with Crippen LogP contribution in [0.25, 0.3) is 0 Å². The summed E-state index contributed by atoms with van der Waals surface area (Å²) < 4.78 is 65.9. The number of amides is 2. The van der Waals surface area contributed by atoms with Gasteiger partial charge in [0.1, 0.15) is 0 Å². The number of anilines is 3. The molecule has 0 saturated carbocycles. The lowest BCUT2D eigenvalue weighted by atomic mass is 10.1. The number of para-hydroxylation sites is 1.